The number of nitro groups is 1. The van der Waals surface area contributed by atoms with E-state index in [4.69, 9.17) is 4.42 Å². The average Bonchev–Trinajstić information content (AvgIpc) is 2.96. The zero-order valence-electron chi connectivity index (χ0n) is 10.3. The Morgan fingerprint density at radius 3 is 2.29 bits per heavy atom. The predicted molar refractivity (Wildman–Crippen MR) is 88.2 cm³/mol. The standard InChI is InChI=1S/C13H8Br3NO4/c14-8-3-1-7(2-4-8)13(18)12(16)11(15)9-5-6-10(21-9)17(19)20/h1-6,11-12H. The molecule has 0 spiro atoms. The fourth-order valence-electron chi connectivity index (χ4n) is 1.64. The van der Waals surface area contributed by atoms with Crippen LogP contribution in [0.15, 0.2) is 45.3 Å². The number of ketones is 1. The molecule has 1 aromatic heterocycles. The second-order valence-corrected chi connectivity index (χ2v) is 7.00. The van der Waals surface area contributed by atoms with Gasteiger partial charge in [0.25, 0.3) is 0 Å². The van der Waals surface area contributed by atoms with Crippen LogP contribution in [0.4, 0.5) is 5.88 Å². The van der Waals surface area contributed by atoms with Crippen LogP contribution in [0.25, 0.3) is 0 Å². The van der Waals surface area contributed by atoms with Crippen molar-refractivity contribution in [2.75, 3.05) is 0 Å². The summed E-state index contributed by atoms with van der Waals surface area (Å²) in [6.07, 6.45) is 0. The smallest absolute Gasteiger partial charge is 0.405 e. The highest BCUT2D eigenvalue weighted by molar-refractivity contribution is 9.12. The summed E-state index contributed by atoms with van der Waals surface area (Å²) in [7, 11) is 0. The summed E-state index contributed by atoms with van der Waals surface area (Å²) in [6, 6.07) is 9.67. The first-order valence-corrected chi connectivity index (χ1v) is 8.34. The van der Waals surface area contributed by atoms with E-state index in [0.29, 0.717) is 11.3 Å². The molecule has 21 heavy (non-hydrogen) atoms. The molecule has 0 saturated carbocycles. The highest BCUT2D eigenvalue weighted by Gasteiger charge is 2.29. The van der Waals surface area contributed by atoms with Crippen molar-refractivity contribution in [3.8, 4) is 0 Å². The van der Waals surface area contributed by atoms with E-state index >= 15 is 0 Å². The third-order valence-corrected chi connectivity index (χ3v) is 5.86. The Bertz CT molecular complexity index is 668. The van der Waals surface area contributed by atoms with E-state index in [-0.39, 0.29) is 11.7 Å². The number of nitrogens with zero attached hydrogens (tertiary/aromatic N) is 1. The van der Waals surface area contributed by atoms with Crippen molar-refractivity contribution in [2.24, 2.45) is 0 Å². The second kappa shape index (κ2) is 6.85. The van der Waals surface area contributed by atoms with Crippen LogP contribution in [-0.2, 0) is 0 Å². The van der Waals surface area contributed by atoms with Crippen molar-refractivity contribution < 1.29 is 14.1 Å². The third-order valence-electron chi connectivity index (χ3n) is 2.70. The Labute approximate surface area is 145 Å². The summed E-state index contributed by atoms with van der Waals surface area (Å²) in [5.74, 6) is -0.192. The quantitative estimate of drug-likeness (QED) is 0.260. The van der Waals surface area contributed by atoms with Crippen LogP contribution >= 0.6 is 47.8 Å². The average molecular weight is 482 g/mol. The molecule has 0 bridgehead atoms. The first kappa shape index (κ1) is 16.4. The summed E-state index contributed by atoms with van der Waals surface area (Å²) in [4.78, 5) is 21.2. The zero-order valence-corrected chi connectivity index (χ0v) is 15.1. The summed E-state index contributed by atoms with van der Waals surface area (Å²) >= 11 is 9.94. The van der Waals surface area contributed by atoms with Gasteiger partial charge < -0.3 is 4.42 Å². The fraction of sp³-hybridized carbons (Fsp3) is 0.154. The summed E-state index contributed by atoms with van der Waals surface area (Å²) in [5, 5.41) is 10.6. The predicted octanol–water partition coefficient (Wildman–Crippen LogP) is 5.03. The van der Waals surface area contributed by atoms with E-state index in [1.807, 2.05) is 0 Å². The van der Waals surface area contributed by atoms with Crippen molar-refractivity contribution >= 4 is 59.5 Å². The molecule has 0 N–H and O–H groups in total. The Morgan fingerprint density at radius 1 is 1.14 bits per heavy atom. The third kappa shape index (κ3) is 3.81. The van der Waals surface area contributed by atoms with Gasteiger partial charge in [0.05, 0.1) is 15.7 Å². The van der Waals surface area contributed by atoms with Gasteiger partial charge in [-0.15, -0.1) is 0 Å². The van der Waals surface area contributed by atoms with Crippen LogP contribution in [0.1, 0.15) is 20.9 Å². The number of alkyl halides is 2. The Kier molecular flexibility index (Phi) is 5.34. The lowest BCUT2D eigenvalue weighted by Crippen LogP contribution is -2.18. The van der Waals surface area contributed by atoms with Crippen molar-refractivity contribution in [1.29, 1.82) is 0 Å². The summed E-state index contributed by atoms with van der Waals surface area (Å²) in [5.41, 5.74) is 0.533. The van der Waals surface area contributed by atoms with Crippen molar-refractivity contribution in [1.82, 2.24) is 0 Å². The molecule has 1 aromatic carbocycles. The summed E-state index contributed by atoms with van der Waals surface area (Å²) < 4.78 is 5.97. The Balaban J connectivity index is 2.17. The molecule has 1 heterocycles. The Morgan fingerprint density at radius 2 is 1.76 bits per heavy atom. The van der Waals surface area contributed by atoms with E-state index in [2.05, 4.69) is 47.8 Å². The largest absolute Gasteiger partial charge is 0.433 e. The minimum Gasteiger partial charge on any atom is -0.405 e. The van der Waals surface area contributed by atoms with Gasteiger partial charge >= 0.3 is 5.88 Å². The number of hydrogen-bond acceptors (Lipinski definition) is 4. The minimum absolute atomic E-state index is 0.150. The molecule has 0 aliphatic rings. The number of carbonyl (C=O) groups is 1. The van der Waals surface area contributed by atoms with Crippen LogP contribution in [-0.4, -0.2) is 15.5 Å². The van der Waals surface area contributed by atoms with Crippen molar-refractivity contribution in [3.05, 3.63) is 62.3 Å². The molecule has 2 aromatic rings. The maximum atomic E-state index is 12.3. The van der Waals surface area contributed by atoms with Gasteiger partial charge in [-0.1, -0.05) is 59.9 Å². The van der Waals surface area contributed by atoms with E-state index < -0.39 is 14.6 Å². The van der Waals surface area contributed by atoms with Gasteiger partial charge in [-0.3, -0.25) is 14.9 Å². The van der Waals surface area contributed by atoms with E-state index in [9.17, 15) is 14.9 Å². The second-order valence-electron chi connectivity index (χ2n) is 4.11. The molecule has 2 unspecified atom stereocenters. The van der Waals surface area contributed by atoms with Gasteiger partial charge in [-0.25, -0.2) is 0 Å². The highest BCUT2D eigenvalue weighted by Crippen LogP contribution is 2.35. The maximum Gasteiger partial charge on any atom is 0.433 e. The monoisotopic (exact) mass is 479 g/mol. The molecule has 5 nitrogen and oxygen atoms in total. The lowest BCUT2D eigenvalue weighted by atomic mass is 10.1. The number of carbonyl (C=O) groups excluding carboxylic acids is 1. The molecule has 0 fully saturated rings. The van der Waals surface area contributed by atoms with Crippen LogP contribution in [0, 0.1) is 10.1 Å². The molecule has 2 atom stereocenters. The number of Topliss-reactive ketones (excluding diaryl/α,β-unsaturated/α-hetero) is 1. The number of hydrogen-bond donors (Lipinski definition) is 0. The molecule has 0 aliphatic heterocycles. The molecule has 0 saturated heterocycles. The molecular formula is C13H8Br3NO4. The molecule has 110 valence electrons. The highest BCUT2D eigenvalue weighted by atomic mass is 79.9. The first-order chi connectivity index (χ1) is 9.90. The van der Waals surface area contributed by atoms with Gasteiger partial charge in [0.1, 0.15) is 10.7 Å². The van der Waals surface area contributed by atoms with Gasteiger partial charge in [0.15, 0.2) is 5.78 Å². The number of furan rings is 1. The van der Waals surface area contributed by atoms with E-state index in [1.165, 1.54) is 12.1 Å². The van der Waals surface area contributed by atoms with Crippen LogP contribution in [0.5, 0.6) is 0 Å². The van der Waals surface area contributed by atoms with Crippen molar-refractivity contribution in [2.45, 2.75) is 9.65 Å². The van der Waals surface area contributed by atoms with Crippen LogP contribution < -0.4 is 0 Å². The minimum atomic E-state index is -0.622. The number of halogens is 3. The molecular weight excluding hydrogens is 474 g/mol. The van der Waals surface area contributed by atoms with Gasteiger partial charge in [-0.2, -0.15) is 0 Å². The Hall–Kier alpha value is -0.990. The number of benzene rings is 1. The number of rotatable bonds is 5. The molecule has 0 radical (unpaired) electrons. The molecule has 2 rings (SSSR count). The van der Waals surface area contributed by atoms with Crippen molar-refractivity contribution in [3.63, 3.8) is 0 Å². The van der Waals surface area contributed by atoms with Crippen LogP contribution in [0.2, 0.25) is 0 Å². The zero-order chi connectivity index (χ0) is 15.6. The molecule has 8 heteroatoms. The topological polar surface area (TPSA) is 73.3 Å². The van der Waals surface area contributed by atoms with Crippen LogP contribution in [0.3, 0.4) is 0 Å². The first-order valence-electron chi connectivity index (χ1n) is 5.72. The van der Waals surface area contributed by atoms with Gasteiger partial charge in [0, 0.05) is 10.0 Å². The summed E-state index contributed by atoms with van der Waals surface area (Å²) in [6.45, 7) is 0. The molecule has 0 amide bonds. The van der Waals surface area contributed by atoms with E-state index in [0.717, 1.165) is 4.47 Å². The fourth-order valence-corrected chi connectivity index (χ4v) is 2.91. The lowest BCUT2D eigenvalue weighted by Gasteiger charge is -2.13. The molecule has 0 aliphatic carbocycles. The van der Waals surface area contributed by atoms with Gasteiger partial charge in [0.2, 0.25) is 0 Å². The normalized spacial score (nSPS) is 13.7. The van der Waals surface area contributed by atoms with E-state index in [1.54, 1.807) is 24.3 Å². The maximum absolute atomic E-state index is 12.3. The lowest BCUT2D eigenvalue weighted by molar-refractivity contribution is -0.402. The SMILES string of the molecule is O=C(c1ccc(Br)cc1)C(Br)C(Br)c1ccc([N+](=O)[O-])o1. The van der Waals surface area contributed by atoms with Gasteiger partial charge in [-0.05, 0) is 18.2 Å².